The van der Waals surface area contributed by atoms with E-state index < -0.39 is 5.97 Å². The van der Waals surface area contributed by atoms with Gasteiger partial charge in [-0.25, -0.2) is 4.79 Å². The van der Waals surface area contributed by atoms with Gasteiger partial charge in [-0.2, -0.15) is 0 Å². The van der Waals surface area contributed by atoms with E-state index in [-0.39, 0.29) is 5.41 Å². The van der Waals surface area contributed by atoms with Crippen LogP contribution in [0.4, 0.5) is 0 Å². The number of hydrogen-bond donors (Lipinski definition) is 1. The van der Waals surface area contributed by atoms with Crippen molar-refractivity contribution in [2.75, 3.05) is 0 Å². The molecule has 3 heteroatoms. The lowest BCUT2D eigenvalue weighted by molar-refractivity contribution is -0.120. The molecule has 0 aromatic heterocycles. The van der Waals surface area contributed by atoms with Crippen molar-refractivity contribution < 1.29 is 14.7 Å². The molecule has 2 fully saturated rings. The van der Waals surface area contributed by atoms with Crippen LogP contribution in [0, 0.1) is 40.4 Å². The van der Waals surface area contributed by atoms with Crippen LogP contribution in [0.1, 0.15) is 121 Å². The van der Waals surface area contributed by atoms with Crippen molar-refractivity contribution >= 4 is 11.8 Å². The normalized spacial score (nSPS) is 34.9. The number of hydrogen-bond acceptors (Lipinski definition) is 2. The Morgan fingerprint density at radius 3 is 2.62 bits per heavy atom. The van der Waals surface area contributed by atoms with E-state index in [4.69, 9.17) is 0 Å². The second-order valence-corrected chi connectivity index (χ2v) is 13.8. The molecule has 4 aliphatic carbocycles. The average Bonchev–Trinajstić information content (AvgIpc) is 3.21. The number of carboxylic acids is 1. The number of ketones is 1. The van der Waals surface area contributed by atoms with E-state index in [9.17, 15) is 14.7 Å². The van der Waals surface area contributed by atoms with Crippen LogP contribution < -0.4 is 0 Å². The molecule has 1 aromatic rings. The molecule has 0 radical (unpaired) electrons. The van der Waals surface area contributed by atoms with Crippen LogP contribution in [0.3, 0.4) is 0 Å². The zero-order chi connectivity index (χ0) is 26.4. The summed E-state index contributed by atoms with van der Waals surface area (Å²) in [4.78, 5) is 25.1. The number of benzene rings is 1. The summed E-state index contributed by atoms with van der Waals surface area (Å²) >= 11 is 0. The van der Waals surface area contributed by atoms with Gasteiger partial charge in [0, 0.05) is 6.42 Å². The van der Waals surface area contributed by atoms with Crippen LogP contribution in [0.15, 0.2) is 35.4 Å². The van der Waals surface area contributed by atoms with Gasteiger partial charge < -0.3 is 5.11 Å². The van der Waals surface area contributed by atoms with E-state index >= 15 is 0 Å². The maximum Gasteiger partial charge on any atom is 0.335 e. The Kier molecular flexibility index (Phi) is 7.46. The summed E-state index contributed by atoms with van der Waals surface area (Å²) in [5, 5.41) is 9.50. The third kappa shape index (κ3) is 4.74. The molecule has 0 bridgehead atoms. The molecular weight excluding hydrogens is 456 g/mol. The predicted octanol–water partition coefficient (Wildman–Crippen LogP) is 8.66. The number of carbonyl (C=O) groups excluding carboxylic acids is 1. The largest absolute Gasteiger partial charge is 0.478 e. The molecule has 0 amide bonds. The van der Waals surface area contributed by atoms with E-state index in [1.54, 1.807) is 11.6 Å². The summed E-state index contributed by atoms with van der Waals surface area (Å²) in [5.74, 6) is 2.63. The van der Waals surface area contributed by atoms with Crippen molar-refractivity contribution in [2.45, 2.75) is 111 Å². The molecular formula is C34H48O3. The van der Waals surface area contributed by atoms with Gasteiger partial charge in [-0.3, -0.25) is 4.79 Å². The SMILES string of the molecule is CC(CCC[C@@H](C)[C@H]1CC[C@H]2C3=C(CC[C@]12C)[C@@]1(C)CCCC[C@@H]1CC3=O)Cc1ccccc1C(=O)O. The first-order chi connectivity index (χ1) is 17.6. The Hall–Kier alpha value is -1.90. The Morgan fingerprint density at radius 2 is 1.84 bits per heavy atom. The quantitative estimate of drug-likeness (QED) is 0.385. The molecule has 5 rings (SSSR count). The summed E-state index contributed by atoms with van der Waals surface area (Å²) in [6.07, 6.45) is 15.3. The lowest BCUT2D eigenvalue weighted by atomic mass is 9.50. The molecule has 0 spiro atoms. The van der Waals surface area contributed by atoms with E-state index in [0.29, 0.717) is 46.4 Å². The van der Waals surface area contributed by atoms with Crippen molar-refractivity contribution in [3.63, 3.8) is 0 Å². The first kappa shape index (κ1) is 26.7. The summed E-state index contributed by atoms with van der Waals surface area (Å²) < 4.78 is 0. The number of aromatic carboxylic acids is 1. The van der Waals surface area contributed by atoms with Crippen LogP contribution in [-0.4, -0.2) is 16.9 Å². The molecule has 3 nitrogen and oxygen atoms in total. The van der Waals surface area contributed by atoms with E-state index in [1.807, 2.05) is 18.2 Å². The van der Waals surface area contributed by atoms with Gasteiger partial charge in [0.2, 0.25) is 0 Å². The third-order valence-corrected chi connectivity index (χ3v) is 11.7. The second-order valence-electron chi connectivity index (χ2n) is 13.8. The molecule has 1 unspecified atom stereocenters. The molecule has 1 N–H and O–H groups in total. The Bertz CT molecular complexity index is 1070. The molecule has 37 heavy (non-hydrogen) atoms. The van der Waals surface area contributed by atoms with Crippen LogP contribution in [-0.2, 0) is 11.2 Å². The summed E-state index contributed by atoms with van der Waals surface area (Å²) in [7, 11) is 0. The smallest absolute Gasteiger partial charge is 0.335 e. The van der Waals surface area contributed by atoms with Crippen molar-refractivity contribution in [2.24, 2.45) is 40.4 Å². The fraction of sp³-hybridized carbons (Fsp3) is 0.706. The fourth-order valence-corrected chi connectivity index (χ4v) is 9.57. The van der Waals surface area contributed by atoms with Gasteiger partial charge in [-0.15, -0.1) is 0 Å². The van der Waals surface area contributed by atoms with Gasteiger partial charge >= 0.3 is 5.97 Å². The van der Waals surface area contributed by atoms with Gasteiger partial charge in [-0.05, 0) is 103 Å². The predicted molar refractivity (Wildman–Crippen MR) is 150 cm³/mol. The van der Waals surface area contributed by atoms with Crippen molar-refractivity contribution in [3.05, 3.63) is 46.5 Å². The van der Waals surface area contributed by atoms with Gasteiger partial charge in [0.25, 0.3) is 0 Å². The first-order valence-electron chi connectivity index (χ1n) is 15.2. The zero-order valence-electron chi connectivity index (χ0n) is 23.7. The highest BCUT2D eigenvalue weighted by atomic mass is 16.4. The van der Waals surface area contributed by atoms with Crippen LogP contribution in [0.25, 0.3) is 0 Å². The van der Waals surface area contributed by atoms with Crippen LogP contribution >= 0.6 is 0 Å². The van der Waals surface area contributed by atoms with Gasteiger partial charge in [0.05, 0.1) is 5.56 Å². The monoisotopic (exact) mass is 504 g/mol. The van der Waals surface area contributed by atoms with Crippen molar-refractivity contribution in [3.8, 4) is 0 Å². The Morgan fingerprint density at radius 1 is 1.05 bits per heavy atom. The molecule has 7 atom stereocenters. The maximum absolute atomic E-state index is 13.6. The highest BCUT2D eigenvalue weighted by Crippen LogP contribution is 2.65. The lowest BCUT2D eigenvalue weighted by Gasteiger charge is -2.53. The Balaban J connectivity index is 1.22. The molecule has 4 aliphatic rings. The molecule has 0 heterocycles. The van der Waals surface area contributed by atoms with Crippen molar-refractivity contribution in [1.82, 2.24) is 0 Å². The fourth-order valence-electron chi connectivity index (χ4n) is 9.57. The molecule has 0 aliphatic heterocycles. The minimum Gasteiger partial charge on any atom is -0.478 e. The summed E-state index contributed by atoms with van der Waals surface area (Å²) in [6.45, 7) is 9.77. The van der Waals surface area contributed by atoms with Crippen LogP contribution in [0.5, 0.6) is 0 Å². The molecule has 0 saturated heterocycles. The van der Waals surface area contributed by atoms with E-state index in [2.05, 4.69) is 27.7 Å². The molecule has 2 saturated carbocycles. The number of fused-ring (bicyclic) bond motifs is 4. The minimum atomic E-state index is -0.823. The van der Waals surface area contributed by atoms with Crippen molar-refractivity contribution in [1.29, 1.82) is 0 Å². The van der Waals surface area contributed by atoms with E-state index in [0.717, 1.165) is 31.2 Å². The highest BCUT2D eigenvalue weighted by molar-refractivity contribution is 5.98. The Labute approximate surface area is 224 Å². The number of Topliss-reactive ketones (excluding diaryl/α,β-unsaturated/α-hetero) is 1. The summed E-state index contributed by atoms with van der Waals surface area (Å²) in [6, 6.07) is 7.45. The number of allylic oxidation sites excluding steroid dienone is 2. The lowest BCUT2D eigenvalue weighted by Crippen LogP contribution is -2.46. The second kappa shape index (κ2) is 10.3. The minimum absolute atomic E-state index is 0.276. The molecule has 1 aromatic carbocycles. The topological polar surface area (TPSA) is 54.4 Å². The molecule has 202 valence electrons. The maximum atomic E-state index is 13.6. The summed E-state index contributed by atoms with van der Waals surface area (Å²) in [5.41, 5.74) is 4.89. The van der Waals surface area contributed by atoms with Gasteiger partial charge in [-0.1, -0.05) is 83.6 Å². The highest BCUT2D eigenvalue weighted by Gasteiger charge is 2.57. The average molecular weight is 505 g/mol. The number of rotatable bonds is 8. The zero-order valence-corrected chi connectivity index (χ0v) is 23.7. The van der Waals surface area contributed by atoms with Gasteiger partial charge in [0.15, 0.2) is 5.78 Å². The van der Waals surface area contributed by atoms with Crippen LogP contribution in [0.2, 0.25) is 0 Å². The number of carboxylic acid groups (broad SMARTS) is 1. The third-order valence-electron chi connectivity index (χ3n) is 11.7. The first-order valence-corrected chi connectivity index (χ1v) is 15.2. The van der Waals surface area contributed by atoms with Gasteiger partial charge in [0.1, 0.15) is 0 Å². The number of carbonyl (C=O) groups is 2. The van der Waals surface area contributed by atoms with E-state index in [1.165, 1.54) is 63.4 Å². The standard InChI is InChI=1S/C34H48O3/c1-22(20-24-12-5-6-14-26(24)32(36)37)10-9-11-23(2)27-15-16-28-31-29(17-19-34(27,28)4)33(3)18-8-7-13-25(33)21-30(31)35/h5-6,12,14,22-23,25,27-28H,7-11,13,15-21H2,1-4H3,(H,36,37)/t22?,23-,25-,27-,28+,33+,34-/m1/s1.